The molecule has 5 rings (SSSR count). The predicted octanol–water partition coefficient (Wildman–Crippen LogP) is 4.78. The predicted molar refractivity (Wildman–Crippen MR) is 205 cm³/mol. The number of benzene rings is 1. The first-order valence-electron chi connectivity index (χ1n) is 20.5. The number of hydrogen-bond acceptors (Lipinski definition) is 8. The van der Waals surface area contributed by atoms with Crippen LogP contribution in [0.1, 0.15) is 117 Å². The molecule has 0 radical (unpaired) electrons. The Morgan fingerprint density at radius 3 is 2.14 bits per heavy atom. The highest BCUT2D eigenvalue weighted by Gasteiger charge is 2.59. The van der Waals surface area contributed by atoms with E-state index in [9.17, 15) is 42.3 Å². The van der Waals surface area contributed by atoms with Gasteiger partial charge in [0.1, 0.15) is 23.7 Å². The second-order valence-corrected chi connectivity index (χ2v) is 17.8. The van der Waals surface area contributed by atoms with E-state index >= 15 is 0 Å². The molecule has 0 spiro atoms. The van der Waals surface area contributed by atoms with Crippen LogP contribution in [0.4, 0.5) is 13.6 Å². The Morgan fingerprint density at radius 1 is 0.877 bits per heavy atom. The maximum Gasteiger partial charge on any atom is 0.408 e. The Kier molecular flexibility index (Phi) is 14.1. The van der Waals surface area contributed by atoms with E-state index in [0.29, 0.717) is 18.4 Å². The van der Waals surface area contributed by atoms with Crippen molar-refractivity contribution >= 4 is 41.3 Å². The quantitative estimate of drug-likeness (QED) is 0.183. The van der Waals surface area contributed by atoms with Gasteiger partial charge in [-0.25, -0.2) is 13.6 Å². The molecule has 1 heterocycles. The lowest BCUT2D eigenvalue weighted by molar-refractivity contribution is -0.145. The van der Waals surface area contributed by atoms with E-state index in [1.165, 1.54) is 4.90 Å². The molecule has 3 saturated carbocycles. The zero-order valence-corrected chi connectivity index (χ0v) is 33.7. The number of alkyl carbamates (subject to hydrolysis) is 1. The van der Waals surface area contributed by atoms with Crippen LogP contribution in [0.5, 0.6) is 0 Å². The van der Waals surface area contributed by atoms with E-state index in [1.807, 2.05) is 0 Å². The summed E-state index contributed by atoms with van der Waals surface area (Å²) in [5.74, 6) is -9.81. The number of nitrogens with zero attached hydrogens (tertiary/aromatic N) is 1. The topological polar surface area (TPSA) is 180 Å². The summed E-state index contributed by atoms with van der Waals surface area (Å²) in [6.07, 6.45) is 4.53. The van der Waals surface area contributed by atoms with Crippen molar-refractivity contribution in [2.24, 2.45) is 29.6 Å². The largest absolute Gasteiger partial charge is 0.444 e. The molecule has 314 valence electrons. The molecular weight excluding hydrogens is 740 g/mol. The number of hydrogen-bond donors (Lipinski definition) is 4. The van der Waals surface area contributed by atoms with Crippen LogP contribution in [-0.2, 0) is 33.5 Å². The van der Waals surface area contributed by atoms with Gasteiger partial charge in [-0.3, -0.25) is 28.8 Å². The van der Waals surface area contributed by atoms with Gasteiger partial charge in [-0.15, -0.1) is 0 Å². The van der Waals surface area contributed by atoms with Gasteiger partial charge in [-0.2, -0.15) is 0 Å². The van der Waals surface area contributed by atoms with Crippen molar-refractivity contribution in [2.75, 3.05) is 13.1 Å². The lowest BCUT2D eigenvalue weighted by Crippen LogP contribution is -2.59. The third-order valence-electron chi connectivity index (χ3n) is 11.8. The molecule has 13 nitrogen and oxygen atoms in total. The highest BCUT2D eigenvalue weighted by molar-refractivity contribution is 6.38. The van der Waals surface area contributed by atoms with Gasteiger partial charge in [0, 0.05) is 25.3 Å². The maximum absolute atomic E-state index is 14.9. The third kappa shape index (κ3) is 11.4. The number of halogens is 2. The molecule has 1 aromatic rings. The molecule has 3 aliphatic carbocycles. The zero-order valence-electron chi connectivity index (χ0n) is 33.7. The number of ketones is 2. The number of alkyl halides is 2. The van der Waals surface area contributed by atoms with Gasteiger partial charge >= 0.3 is 6.09 Å². The van der Waals surface area contributed by atoms with Crippen molar-refractivity contribution in [1.82, 2.24) is 26.2 Å². The maximum atomic E-state index is 14.9. The number of Topliss-reactive ketones (excluding diaryl/α,β-unsaturated/α-hetero) is 2. The highest BCUT2D eigenvalue weighted by Crippen LogP contribution is 2.50. The molecular formula is C42H59F2N5O8. The van der Waals surface area contributed by atoms with Crippen molar-refractivity contribution < 1.29 is 47.1 Å². The van der Waals surface area contributed by atoms with Gasteiger partial charge in [0.2, 0.25) is 29.4 Å². The highest BCUT2D eigenvalue weighted by atomic mass is 19.3. The number of amides is 5. The van der Waals surface area contributed by atoms with Crippen LogP contribution in [0.3, 0.4) is 0 Å². The summed E-state index contributed by atoms with van der Waals surface area (Å²) in [6, 6.07) is 3.87. The van der Waals surface area contributed by atoms with Gasteiger partial charge in [0.05, 0.1) is 12.6 Å². The van der Waals surface area contributed by atoms with Crippen molar-refractivity contribution in [3.05, 3.63) is 35.9 Å². The number of carbonyl (C=O) groups excluding carboxylic acids is 7. The average Bonchev–Trinajstić information content (AvgIpc) is 3.63. The molecule has 0 bridgehead atoms. The van der Waals surface area contributed by atoms with Crippen LogP contribution >= 0.6 is 0 Å². The molecule has 4 fully saturated rings. The number of rotatable bonds is 15. The number of ether oxygens (including phenoxy) is 1. The normalized spacial score (nSPS) is 23.6. The van der Waals surface area contributed by atoms with Crippen molar-refractivity contribution in [3.63, 3.8) is 0 Å². The molecule has 5 amide bonds. The van der Waals surface area contributed by atoms with Crippen LogP contribution in [0.2, 0.25) is 0 Å². The van der Waals surface area contributed by atoms with E-state index in [4.69, 9.17) is 4.74 Å². The molecule has 15 heteroatoms. The average molecular weight is 800 g/mol. The summed E-state index contributed by atoms with van der Waals surface area (Å²) in [5, 5.41) is 10.4. The van der Waals surface area contributed by atoms with E-state index in [2.05, 4.69) is 21.3 Å². The fraction of sp³-hybridized carbons (Fsp3) is 0.690. The zero-order chi connectivity index (χ0) is 41.7. The molecule has 57 heavy (non-hydrogen) atoms. The first-order chi connectivity index (χ1) is 26.8. The first kappa shape index (κ1) is 43.7. The number of carbonyl (C=O) groups is 7. The summed E-state index contributed by atoms with van der Waals surface area (Å²) in [4.78, 5) is 96.2. The van der Waals surface area contributed by atoms with E-state index in [1.54, 1.807) is 65.0 Å². The summed E-state index contributed by atoms with van der Waals surface area (Å²) in [6.45, 7) is 7.74. The monoisotopic (exact) mass is 799 g/mol. The fourth-order valence-corrected chi connectivity index (χ4v) is 8.79. The Bertz CT molecular complexity index is 1660. The second kappa shape index (κ2) is 18.4. The Morgan fingerprint density at radius 2 is 1.54 bits per heavy atom. The van der Waals surface area contributed by atoms with Gasteiger partial charge in [0.15, 0.2) is 5.78 Å². The van der Waals surface area contributed by atoms with Crippen LogP contribution in [0.15, 0.2) is 30.3 Å². The van der Waals surface area contributed by atoms with Crippen molar-refractivity contribution in [1.29, 1.82) is 0 Å². The molecule has 0 aromatic heterocycles. The number of nitrogens with one attached hydrogen (secondary N) is 4. The van der Waals surface area contributed by atoms with E-state index in [0.717, 1.165) is 38.5 Å². The van der Waals surface area contributed by atoms with Crippen molar-refractivity contribution in [3.8, 4) is 0 Å². The van der Waals surface area contributed by atoms with Crippen LogP contribution < -0.4 is 21.3 Å². The minimum Gasteiger partial charge on any atom is -0.444 e. The van der Waals surface area contributed by atoms with E-state index < -0.39 is 108 Å². The first-order valence-corrected chi connectivity index (χ1v) is 20.5. The van der Waals surface area contributed by atoms with Gasteiger partial charge in [-0.05, 0) is 69.3 Å². The minimum atomic E-state index is -3.05. The van der Waals surface area contributed by atoms with Crippen LogP contribution in [0.25, 0.3) is 0 Å². The van der Waals surface area contributed by atoms with E-state index in [-0.39, 0.29) is 30.6 Å². The summed E-state index contributed by atoms with van der Waals surface area (Å²) >= 11 is 0. The molecule has 6 atom stereocenters. The third-order valence-corrected chi connectivity index (χ3v) is 11.8. The lowest BCUT2D eigenvalue weighted by Gasteiger charge is -2.36. The fourth-order valence-electron chi connectivity index (χ4n) is 8.79. The minimum absolute atomic E-state index is 0.0163. The molecule has 1 saturated heterocycles. The molecule has 4 aliphatic rings. The molecule has 1 aliphatic heterocycles. The van der Waals surface area contributed by atoms with Gasteiger partial charge < -0.3 is 30.9 Å². The summed E-state index contributed by atoms with van der Waals surface area (Å²) in [5.41, 5.74) is -0.291. The molecule has 4 N–H and O–H groups in total. The van der Waals surface area contributed by atoms with Gasteiger partial charge in [0.25, 0.3) is 5.91 Å². The molecule has 0 unspecified atom stereocenters. The number of likely N-dealkylation sites (tertiary alicyclic amines) is 1. The van der Waals surface area contributed by atoms with Gasteiger partial charge in [-0.1, -0.05) is 82.7 Å². The smallest absolute Gasteiger partial charge is 0.408 e. The molecule has 1 aromatic carbocycles. The summed E-state index contributed by atoms with van der Waals surface area (Å²) in [7, 11) is 0. The van der Waals surface area contributed by atoms with Crippen molar-refractivity contribution in [2.45, 2.75) is 141 Å². The summed E-state index contributed by atoms with van der Waals surface area (Å²) < 4.78 is 35.2. The Labute approximate surface area is 333 Å². The Balaban J connectivity index is 1.32. The Hall–Kier alpha value is -4.43. The van der Waals surface area contributed by atoms with Crippen LogP contribution in [0, 0.1) is 29.6 Å². The standard InChI is InChI=1S/C42H59F2N5O8/c1-24(2)35(51)32(26-15-8-6-9-16-26)47-31(50)22-45-38(54)36(52)30(19-25-13-12-14-25)46-37(53)34-29-21-42(43,44)20-28(29)23-49(34)39(55)33(27-17-10-7-11-18-27)48-40(56)57-41(3,4)5/h6,8-9,15-16,24-25,27-30,32-34H,7,10-14,17-23H2,1-5H3,(H,45,54)(H,46,53)(H,47,50)(H,48,56)/t28-,29-,30-,32-,33-,34-/m0/s1. The second-order valence-electron chi connectivity index (χ2n) is 17.8. The SMILES string of the molecule is CC(C)C(=O)[C@@H](NC(=O)CNC(=O)C(=O)[C@H](CC1CCC1)NC(=O)[C@@H]1[C@H]2CC(F)(F)C[C@H]2CN1C(=O)[C@@H](NC(=O)OC(C)(C)C)C1CCCCC1)c1ccccc1. The number of fused-ring (bicyclic) bond motifs is 1. The lowest BCUT2D eigenvalue weighted by atomic mass is 9.80. The van der Waals surface area contributed by atoms with Crippen LogP contribution in [-0.4, -0.2) is 88.9 Å².